The Balaban J connectivity index is 0.000000474. The smallest absolute Gasteiger partial charge is 0.159 e. The predicted molar refractivity (Wildman–Crippen MR) is 150 cm³/mol. The highest BCUT2D eigenvalue weighted by atomic mass is 16.5. The van der Waals surface area contributed by atoms with Gasteiger partial charge in [-0.3, -0.25) is 4.79 Å². The molecule has 0 radical (unpaired) electrons. The molecule has 3 aromatic carbocycles. The van der Waals surface area contributed by atoms with Gasteiger partial charge in [-0.2, -0.15) is 0 Å². The summed E-state index contributed by atoms with van der Waals surface area (Å²) < 4.78 is 5.16. The summed E-state index contributed by atoms with van der Waals surface area (Å²) in [4.78, 5) is 11.1. The highest BCUT2D eigenvalue weighted by molar-refractivity contribution is 5.94. The Morgan fingerprint density at radius 2 is 1.47 bits per heavy atom. The van der Waals surface area contributed by atoms with Crippen molar-refractivity contribution in [1.82, 2.24) is 0 Å². The number of aryl methyl sites for hydroxylation is 4. The topological polar surface area (TPSA) is 26.3 Å². The van der Waals surface area contributed by atoms with Crippen molar-refractivity contribution in [3.05, 3.63) is 119 Å². The number of rotatable bonds is 5. The molecule has 3 aromatic rings. The minimum absolute atomic E-state index is 0.0948. The van der Waals surface area contributed by atoms with Crippen LogP contribution in [0.15, 0.2) is 86.0 Å². The summed E-state index contributed by atoms with van der Waals surface area (Å²) in [6, 6.07) is 22.1. The molecule has 0 N–H and O–H groups in total. The van der Waals surface area contributed by atoms with Gasteiger partial charge < -0.3 is 4.74 Å². The molecule has 0 fully saturated rings. The van der Waals surface area contributed by atoms with Crippen LogP contribution in [0.1, 0.15) is 65.9 Å². The van der Waals surface area contributed by atoms with E-state index in [2.05, 4.69) is 70.3 Å². The summed E-state index contributed by atoms with van der Waals surface area (Å²) in [5.74, 6) is 0.949. The molecular weight excluding hydrogens is 416 g/mol. The highest BCUT2D eigenvalue weighted by Crippen LogP contribution is 2.20. The second kappa shape index (κ2) is 17.1. The van der Waals surface area contributed by atoms with Crippen LogP contribution < -0.4 is 4.74 Å². The Bertz CT molecular complexity index is 1020. The Labute approximate surface area is 208 Å². The molecule has 0 spiro atoms. The molecule has 3 rings (SSSR count). The second-order valence-corrected chi connectivity index (χ2v) is 7.62. The van der Waals surface area contributed by atoms with Crippen molar-refractivity contribution in [3.63, 3.8) is 0 Å². The number of Topliss-reactive ketones (excluding diaryl/α,β-unsaturated/α-hetero) is 1. The third-order valence-corrected chi connectivity index (χ3v) is 5.13. The first-order valence-corrected chi connectivity index (χ1v) is 11.8. The average Bonchev–Trinajstić information content (AvgIpc) is 2.86. The number of hydrogen-bond acceptors (Lipinski definition) is 2. The molecule has 0 aliphatic carbocycles. The number of allylic oxidation sites excluding steroid dienone is 2. The van der Waals surface area contributed by atoms with E-state index in [0.29, 0.717) is 0 Å². The quantitative estimate of drug-likeness (QED) is 0.282. The van der Waals surface area contributed by atoms with Gasteiger partial charge in [0.2, 0.25) is 0 Å². The molecule has 2 heteroatoms. The zero-order valence-corrected chi connectivity index (χ0v) is 22.4. The van der Waals surface area contributed by atoms with Gasteiger partial charge in [-0.25, -0.2) is 0 Å². The van der Waals surface area contributed by atoms with E-state index >= 15 is 0 Å². The van der Waals surface area contributed by atoms with Gasteiger partial charge in [-0.05, 0) is 80.1 Å². The molecule has 0 heterocycles. The molecule has 0 unspecified atom stereocenters. The highest BCUT2D eigenvalue weighted by Gasteiger charge is 2.04. The zero-order valence-electron chi connectivity index (χ0n) is 22.4. The summed E-state index contributed by atoms with van der Waals surface area (Å²) in [6.45, 7) is 21.5. The maximum absolute atomic E-state index is 11.1. The largest absolute Gasteiger partial charge is 0.496 e. The number of methoxy groups -OCH3 is 1. The second-order valence-electron chi connectivity index (χ2n) is 7.62. The fourth-order valence-corrected chi connectivity index (χ4v) is 2.90. The first kappa shape index (κ1) is 30.6. The summed E-state index contributed by atoms with van der Waals surface area (Å²) >= 11 is 0. The van der Waals surface area contributed by atoms with Crippen molar-refractivity contribution >= 4 is 11.4 Å². The van der Waals surface area contributed by atoms with Crippen LogP contribution in [0, 0.1) is 20.8 Å². The van der Waals surface area contributed by atoms with Gasteiger partial charge in [0.05, 0.1) is 7.11 Å². The maximum atomic E-state index is 11.1. The number of carbonyl (C=O) groups is 1. The third kappa shape index (κ3) is 11.0. The standard InChI is InChI=1S/C11H14O2.C11H12.C8H10.C2H6/c1-4-9-7-10(8(2)12)5-6-11(9)13-3;1-4-10(3)11-7-5-6-9(2)8-11;1-7-5-3-4-6-8(7)2;1-2/h5-7H,4H2,1-3H3;4-8H,1,3H2,2H3;3-6H,1-2H3;1-2H3. The normalized spacial score (nSPS) is 9.06. The maximum Gasteiger partial charge on any atom is 0.159 e. The SMILES string of the molecule is C=CC(=C)c1cccc(C)c1.CC.CCc1cc(C(C)=O)ccc1OC.Cc1ccccc1C. The van der Waals surface area contributed by atoms with Crippen LogP contribution in [0.5, 0.6) is 5.75 Å². The fourth-order valence-electron chi connectivity index (χ4n) is 2.90. The van der Waals surface area contributed by atoms with Gasteiger partial charge in [-0.1, -0.05) is 94.1 Å². The lowest BCUT2D eigenvalue weighted by Crippen LogP contribution is -1.96. The number of ketones is 1. The lowest BCUT2D eigenvalue weighted by atomic mass is 10.1. The number of hydrogen-bond donors (Lipinski definition) is 0. The van der Waals surface area contributed by atoms with E-state index in [-0.39, 0.29) is 5.78 Å². The molecule has 0 saturated carbocycles. The first-order valence-electron chi connectivity index (χ1n) is 11.8. The Kier molecular flexibility index (Phi) is 15.4. The molecule has 0 aliphatic rings. The summed E-state index contributed by atoms with van der Waals surface area (Å²) in [5.41, 5.74) is 7.95. The van der Waals surface area contributed by atoms with Crippen molar-refractivity contribution < 1.29 is 9.53 Å². The Hall–Kier alpha value is -3.39. The summed E-state index contributed by atoms with van der Waals surface area (Å²) in [6.07, 6.45) is 2.65. The van der Waals surface area contributed by atoms with Crippen molar-refractivity contribution in [1.29, 1.82) is 0 Å². The van der Waals surface area contributed by atoms with Gasteiger partial charge in [0.25, 0.3) is 0 Å². The van der Waals surface area contributed by atoms with Gasteiger partial charge in [0.1, 0.15) is 5.75 Å². The third-order valence-electron chi connectivity index (χ3n) is 5.13. The number of ether oxygens (including phenoxy) is 1. The first-order chi connectivity index (χ1) is 16.2. The molecule has 0 atom stereocenters. The Morgan fingerprint density at radius 1 is 0.882 bits per heavy atom. The van der Waals surface area contributed by atoms with Crippen molar-refractivity contribution in [2.45, 2.75) is 54.9 Å². The number of carbonyl (C=O) groups excluding carboxylic acids is 1. The monoisotopic (exact) mass is 458 g/mol. The van der Waals surface area contributed by atoms with Gasteiger partial charge in [-0.15, -0.1) is 0 Å². The van der Waals surface area contributed by atoms with E-state index in [0.717, 1.165) is 34.4 Å². The van der Waals surface area contributed by atoms with E-state index in [1.165, 1.54) is 16.7 Å². The molecule has 0 aliphatic heterocycles. The fraction of sp³-hybridized carbons (Fsp3) is 0.281. The van der Waals surface area contributed by atoms with Gasteiger partial charge in [0, 0.05) is 5.56 Å². The predicted octanol–water partition coefficient (Wildman–Crippen LogP) is 8.98. The van der Waals surface area contributed by atoms with Crippen LogP contribution in [0.3, 0.4) is 0 Å². The van der Waals surface area contributed by atoms with Gasteiger partial charge >= 0.3 is 0 Å². The minimum Gasteiger partial charge on any atom is -0.496 e. The van der Waals surface area contributed by atoms with E-state index < -0.39 is 0 Å². The van der Waals surface area contributed by atoms with Crippen LogP contribution in [0.2, 0.25) is 0 Å². The Morgan fingerprint density at radius 3 is 1.88 bits per heavy atom. The molecular formula is C32H42O2. The van der Waals surface area contributed by atoms with E-state index in [1.54, 1.807) is 26.2 Å². The van der Waals surface area contributed by atoms with Crippen LogP contribution in [-0.4, -0.2) is 12.9 Å². The van der Waals surface area contributed by atoms with Crippen LogP contribution in [-0.2, 0) is 6.42 Å². The molecule has 0 aromatic heterocycles. The van der Waals surface area contributed by atoms with Crippen LogP contribution in [0.4, 0.5) is 0 Å². The summed E-state index contributed by atoms with van der Waals surface area (Å²) in [7, 11) is 1.64. The van der Waals surface area contributed by atoms with Gasteiger partial charge in [0.15, 0.2) is 5.78 Å². The van der Waals surface area contributed by atoms with E-state index in [4.69, 9.17) is 4.74 Å². The summed E-state index contributed by atoms with van der Waals surface area (Å²) in [5, 5.41) is 0. The molecule has 0 saturated heterocycles. The van der Waals surface area contributed by atoms with E-state index in [9.17, 15) is 4.79 Å². The average molecular weight is 459 g/mol. The van der Waals surface area contributed by atoms with Crippen molar-refractivity contribution in [3.8, 4) is 5.75 Å². The van der Waals surface area contributed by atoms with Crippen molar-refractivity contribution in [2.24, 2.45) is 0 Å². The molecule has 0 bridgehead atoms. The minimum atomic E-state index is 0.0948. The number of benzene rings is 3. The lowest BCUT2D eigenvalue weighted by molar-refractivity contribution is 0.101. The van der Waals surface area contributed by atoms with Crippen molar-refractivity contribution in [2.75, 3.05) is 7.11 Å². The lowest BCUT2D eigenvalue weighted by Gasteiger charge is -2.07. The molecule has 34 heavy (non-hydrogen) atoms. The molecule has 2 nitrogen and oxygen atoms in total. The van der Waals surface area contributed by atoms with Crippen LogP contribution >= 0.6 is 0 Å². The zero-order chi connectivity index (χ0) is 26.1. The molecule has 182 valence electrons. The molecule has 0 amide bonds. The van der Waals surface area contributed by atoms with E-state index in [1.807, 2.05) is 45.0 Å². The van der Waals surface area contributed by atoms with Crippen LogP contribution in [0.25, 0.3) is 5.57 Å².